The normalized spacial score (nSPS) is 10.8. The maximum Gasteiger partial charge on any atom is 0.366 e. The van der Waals surface area contributed by atoms with Gasteiger partial charge in [-0.25, -0.2) is 4.79 Å². The van der Waals surface area contributed by atoms with Crippen molar-refractivity contribution in [3.8, 4) is 0 Å². The fourth-order valence-corrected chi connectivity index (χ4v) is 1.54. The van der Waals surface area contributed by atoms with Crippen LogP contribution in [0.2, 0.25) is 0 Å². The van der Waals surface area contributed by atoms with Crippen LogP contribution in [0.25, 0.3) is 0 Å². The summed E-state index contributed by atoms with van der Waals surface area (Å²) in [6.07, 6.45) is 13.4. The van der Waals surface area contributed by atoms with E-state index in [2.05, 4.69) is 30.4 Å². The number of ether oxygens (including phenoxy) is 1. The average Bonchev–Trinajstić information content (AvgIpc) is 2.35. The second kappa shape index (κ2) is 12.3. The molecule has 18 heavy (non-hydrogen) atoms. The summed E-state index contributed by atoms with van der Waals surface area (Å²) in [4.78, 5) is 10.7. The van der Waals surface area contributed by atoms with Gasteiger partial charge in [-0.1, -0.05) is 51.3 Å². The Morgan fingerprint density at radius 3 is 2.39 bits per heavy atom. The van der Waals surface area contributed by atoms with Crippen molar-refractivity contribution in [2.45, 2.75) is 58.3 Å². The van der Waals surface area contributed by atoms with Crippen LogP contribution in [0.5, 0.6) is 0 Å². The molecule has 0 aliphatic carbocycles. The van der Waals surface area contributed by atoms with Gasteiger partial charge in [0.15, 0.2) is 0 Å². The van der Waals surface area contributed by atoms with Crippen LogP contribution in [-0.4, -0.2) is 12.6 Å². The van der Waals surface area contributed by atoms with Gasteiger partial charge in [0.2, 0.25) is 5.83 Å². The zero-order valence-corrected chi connectivity index (χ0v) is 11.4. The fourth-order valence-electron chi connectivity index (χ4n) is 1.54. The highest BCUT2D eigenvalue weighted by Crippen LogP contribution is 2.07. The van der Waals surface area contributed by atoms with Crippen molar-refractivity contribution in [1.29, 1.82) is 0 Å². The standard InChI is InChI=1S/C15H25FO2/c1-3-4-5-6-7-8-9-10-11-12-13-18-15(17)14(2)16/h5-6H,2-4,7-13H2,1H3/b6-5-. The SMILES string of the molecule is C=C(F)C(=O)OCCCCCCC/C=C\CCC. The summed E-state index contributed by atoms with van der Waals surface area (Å²) < 4.78 is 16.9. The lowest BCUT2D eigenvalue weighted by atomic mass is 10.1. The predicted octanol–water partition coefficient (Wildman–Crippen LogP) is 4.71. The van der Waals surface area contributed by atoms with Crippen molar-refractivity contribution < 1.29 is 13.9 Å². The van der Waals surface area contributed by atoms with Crippen molar-refractivity contribution in [3.05, 3.63) is 24.6 Å². The molecule has 0 aromatic rings. The quantitative estimate of drug-likeness (QED) is 0.231. The van der Waals surface area contributed by atoms with Crippen LogP contribution >= 0.6 is 0 Å². The summed E-state index contributed by atoms with van der Waals surface area (Å²) in [7, 11) is 0. The molecule has 0 radical (unpaired) electrons. The summed E-state index contributed by atoms with van der Waals surface area (Å²) >= 11 is 0. The molecule has 0 atom stereocenters. The molecule has 0 aromatic carbocycles. The molecule has 0 spiro atoms. The van der Waals surface area contributed by atoms with Gasteiger partial charge >= 0.3 is 5.97 Å². The largest absolute Gasteiger partial charge is 0.460 e. The fraction of sp³-hybridized carbons (Fsp3) is 0.667. The molecule has 0 saturated carbocycles. The lowest BCUT2D eigenvalue weighted by Crippen LogP contribution is -2.05. The zero-order chi connectivity index (χ0) is 13.6. The van der Waals surface area contributed by atoms with Gasteiger partial charge in [0.25, 0.3) is 0 Å². The molecular formula is C15H25FO2. The van der Waals surface area contributed by atoms with Gasteiger partial charge < -0.3 is 4.74 Å². The van der Waals surface area contributed by atoms with Gasteiger partial charge in [0, 0.05) is 0 Å². The number of carbonyl (C=O) groups excluding carboxylic acids is 1. The number of unbranched alkanes of at least 4 members (excludes halogenated alkanes) is 6. The minimum Gasteiger partial charge on any atom is -0.460 e. The third kappa shape index (κ3) is 11.4. The number of rotatable bonds is 11. The van der Waals surface area contributed by atoms with Crippen LogP contribution in [0.15, 0.2) is 24.6 Å². The maximum absolute atomic E-state index is 12.2. The first-order chi connectivity index (χ1) is 8.68. The highest BCUT2D eigenvalue weighted by molar-refractivity contribution is 5.85. The van der Waals surface area contributed by atoms with E-state index in [1.165, 1.54) is 25.7 Å². The highest BCUT2D eigenvalue weighted by Gasteiger charge is 2.05. The van der Waals surface area contributed by atoms with E-state index in [9.17, 15) is 9.18 Å². The number of hydrogen-bond donors (Lipinski definition) is 0. The zero-order valence-electron chi connectivity index (χ0n) is 11.4. The molecule has 0 amide bonds. The van der Waals surface area contributed by atoms with Crippen LogP contribution in [-0.2, 0) is 9.53 Å². The Labute approximate surface area is 110 Å². The first kappa shape index (κ1) is 16.9. The summed E-state index contributed by atoms with van der Waals surface area (Å²) in [6.45, 7) is 5.34. The van der Waals surface area contributed by atoms with E-state index in [-0.39, 0.29) is 6.61 Å². The van der Waals surface area contributed by atoms with E-state index < -0.39 is 11.8 Å². The second-order valence-electron chi connectivity index (χ2n) is 4.36. The lowest BCUT2D eigenvalue weighted by Gasteiger charge is -2.02. The minimum atomic E-state index is -1.02. The molecule has 0 saturated heterocycles. The molecule has 0 aliphatic heterocycles. The predicted molar refractivity (Wildman–Crippen MR) is 73.0 cm³/mol. The average molecular weight is 256 g/mol. The second-order valence-corrected chi connectivity index (χ2v) is 4.36. The first-order valence-electron chi connectivity index (χ1n) is 6.85. The van der Waals surface area contributed by atoms with Crippen LogP contribution in [0, 0.1) is 0 Å². The third-order valence-corrected chi connectivity index (χ3v) is 2.59. The third-order valence-electron chi connectivity index (χ3n) is 2.59. The molecule has 104 valence electrons. The van der Waals surface area contributed by atoms with E-state index in [1.807, 2.05) is 0 Å². The van der Waals surface area contributed by atoms with Gasteiger partial charge in [-0.05, 0) is 25.7 Å². The van der Waals surface area contributed by atoms with Gasteiger partial charge in [0.1, 0.15) is 0 Å². The van der Waals surface area contributed by atoms with Crippen molar-refractivity contribution in [2.75, 3.05) is 6.61 Å². The molecular weight excluding hydrogens is 231 g/mol. The number of esters is 1. The molecule has 0 fully saturated rings. The Hall–Kier alpha value is -1.12. The van der Waals surface area contributed by atoms with E-state index in [0.29, 0.717) is 0 Å². The maximum atomic E-state index is 12.2. The van der Waals surface area contributed by atoms with E-state index in [4.69, 9.17) is 0 Å². The Morgan fingerprint density at radius 1 is 1.11 bits per heavy atom. The molecule has 2 nitrogen and oxygen atoms in total. The highest BCUT2D eigenvalue weighted by atomic mass is 19.1. The molecule has 0 unspecified atom stereocenters. The Morgan fingerprint density at radius 2 is 1.72 bits per heavy atom. The smallest absolute Gasteiger partial charge is 0.366 e. The van der Waals surface area contributed by atoms with Gasteiger partial charge in [0.05, 0.1) is 6.61 Å². The first-order valence-corrected chi connectivity index (χ1v) is 6.85. The van der Waals surface area contributed by atoms with Gasteiger partial charge in [-0.2, -0.15) is 4.39 Å². The number of carbonyl (C=O) groups is 1. The summed E-state index contributed by atoms with van der Waals surface area (Å²) in [5.41, 5.74) is 0. The molecule has 0 rings (SSSR count). The Kier molecular flexibility index (Phi) is 11.6. The van der Waals surface area contributed by atoms with E-state index in [1.54, 1.807) is 0 Å². The summed E-state index contributed by atoms with van der Waals surface area (Å²) in [5, 5.41) is 0. The monoisotopic (exact) mass is 256 g/mol. The van der Waals surface area contributed by atoms with Crippen LogP contribution < -0.4 is 0 Å². The van der Waals surface area contributed by atoms with Crippen LogP contribution in [0.3, 0.4) is 0 Å². The molecule has 0 heterocycles. The Bertz CT molecular complexity index is 259. The molecule has 0 bridgehead atoms. The van der Waals surface area contributed by atoms with Crippen molar-refractivity contribution in [2.24, 2.45) is 0 Å². The van der Waals surface area contributed by atoms with Crippen LogP contribution in [0.4, 0.5) is 4.39 Å². The minimum absolute atomic E-state index is 0.290. The van der Waals surface area contributed by atoms with Crippen molar-refractivity contribution >= 4 is 5.97 Å². The van der Waals surface area contributed by atoms with E-state index >= 15 is 0 Å². The lowest BCUT2D eigenvalue weighted by molar-refractivity contribution is -0.140. The molecule has 0 aliphatic rings. The van der Waals surface area contributed by atoms with Crippen molar-refractivity contribution in [1.82, 2.24) is 0 Å². The van der Waals surface area contributed by atoms with Gasteiger partial charge in [-0.15, -0.1) is 0 Å². The number of allylic oxidation sites excluding steroid dienone is 2. The molecule has 0 aromatic heterocycles. The molecule has 3 heteroatoms. The Balaban J connectivity index is 3.17. The summed E-state index contributed by atoms with van der Waals surface area (Å²) in [6, 6.07) is 0. The van der Waals surface area contributed by atoms with Crippen LogP contribution in [0.1, 0.15) is 58.3 Å². The number of hydrogen-bond acceptors (Lipinski definition) is 2. The number of halogens is 1. The van der Waals surface area contributed by atoms with Gasteiger partial charge in [-0.3, -0.25) is 0 Å². The molecule has 0 N–H and O–H groups in total. The topological polar surface area (TPSA) is 26.3 Å². The van der Waals surface area contributed by atoms with Crippen molar-refractivity contribution in [3.63, 3.8) is 0 Å². The van der Waals surface area contributed by atoms with E-state index in [0.717, 1.165) is 25.7 Å². The summed E-state index contributed by atoms with van der Waals surface area (Å²) in [5.74, 6) is -1.95.